The van der Waals surface area contributed by atoms with Crippen LogP contribution in [0.25, 0.3) is 32.6 Å². The van der Waals surface area contributed by atoms with Crippen LogP contribution in [0.2, 0.25) is 0 Å². The van der Waals surface area contributed by atoms with Crippen LogP contribution in [0.3, 0.4) is 0 Å². The van der Waals surface area contributed by atoms with Gasteiger partial charge in [-0.3, -0.25) is 14.5 Å². The van der Waals surface area contributed by atoms with Crippen LogP contribution in [0.4, 0.5) is 4.79 Å². The summed E-state index contributed by atoms with van der Waals surface area (Å²) < 4.78 is 7.92. The Labute approximate surface area is 244 Å². The molecule has 0 saturated carbocycles. The van der Waals surface area contributed by atoms with Crippen LogP contribution in [0, 0.1) is 6.92 Å². The third-order valence-electron chi connectivity index (χ3n) is 7.89. The molecule has 0 aliphatic carbocycles. The van der Waals surface area contributed by atoms with E-state index in [1.165, 1.54) is 5.69 Å². The number of hydrogen-bond acceptors (Lipinski definition) is 7. The minimum atomic E-state index is -0.565. The van der Waals surface area contributed by atoms with Crippen molar-refractivity contribution >= 4 is 34.1 Å². The number of carbonyl (C=O) groups excluding carboxylic acids is 2. The molecule has 9 nitrogen and oxygen atoms in total. The fraction of sp³-hybridized carbons (Fsp3) is 0.452. The maximum absolute atomic E-state index is 13.1. The maximum Gasteiger partial charge on any atom is 0.410 e. The lowest BCUT2D eigenvalue weighted by molar-refractivity contribution is -0.130. The Morgan fingerprint density at radius 3 is 2.51 bits per heavy atom. The van der Waals surface area contributed by atoms with E-state index in [4.69, 9.17) is 14.8 Å². The van der Waals surface area contributed by atoms with Crippen molar-refractivity contribution in [3.63, 3.8) is 0 Å². The molecule has 5 heterocycles. The lowest BCUT2D eigenvalue weighted by Gasteiger charge is -2.34. The lowest BCUT2D eigenvalue weighted by Crippen LogP contribution is -2.41. The van der Waals surface area contributed by atoms with E-state index >= 15 is 0 Å². The summed E-state index contributed by atoms with van der Waals surface area (Å²) in [6.45, 7) is 11.8. The van der Waals surface area contributed by atoms with Crippen molar-refractivity contribution in [2.24, 2.45) is 0 Å². The van der Waals surface area contributed by atoms with Crippen LogP contribution in [0.15, 0.2) is 36.7 Å². The van der Waals surface area contributed by atoms with Crippen LogP contribution in [0.5, 0.6) is 0 Å². The van der Waals surface area contributed by atoms with Crippen molar-refractivity contribution in [2.45, 2.75) is 72.1 Å². The Bertz CT molecular complexity index is 1630. The summed E-state index contributed by atoms with van der Waals surface area (Å²) in [5.41, 5.74) is 4.46. The predicted octanol–water partition coefficient (Wildman–Crippen LogP) is 6.01. The summed E-state index contributed by atoms with van der Waals surface area (Å²) in [5.74, 6) is 0.121. The van der Waals surface area contributed by atoms with E-state index in [1.54, 1.807) is 23.2 Å². The second-order valence-electron chi connectivity index (χ2n) is 11.9. The number of thiazole rings is 1. The minimum absolute atomic E-state index is 0.121. The highest BCUT2D eigenvalue weighted by Gasteiger charge is 2.34. The smallest absolute Gasteiger partial charge is 0.410 e. The monoisotopic (exact) mass is 572 g/mol. The van der Waals surface area contributed by atoms with Gasteiger partial charge in [-0.05, 0) is 52.0 Å². The third-order valence-corrected chi connectivity index (χ3v) is 8.82. The van der Waals surface area contributed by atoms with Crippen molar-refractivity contribution in [3.05, 3.63) is 52.9 Å². The van der Waals surface area contributed by atoms with Crippen molar-refractivity contribution in [2.75, 3.05) is 19.6 Å². The first-order valence-corrected chi connectivity index (χ1v) is 15.0. The molecule has 0 unspecified atom stereocenters. The fourth-order valence-corrected chi connectivity index (χ4v) is 6.61. The van der Waals surface area contributed by atoms with Crippen LogP contribution < -0.4 is 0 Å². The highest BCUT2D eigenvalue weighted by molar-refractivity contribution is 7.15. The van der Waals surface area contributed by atoms with Gasteiger partial charge in [0.2, 0.25) is 5.91 Å². The minimum Gasteiger partial charge on any atom is -0.444 e. The van der Waals surface area contributed by atoms with Gasteiger partial charge in [-0.1, -0.05) is 18.2 Å². The zero-order chi connectivity index (χ0) is 28.9. The summed E-state index contributed by atoms with van der Waals surface area (Å²) in [5, 5.41) is 8.37. The van der Waals surface area contributed by atoms with Crippen LogP contribution >= 0.6 is 11.3 Å². The van der Waals surface area contributed by atoms with Gasteiger partial charge in [0.15, 0.2) is 0 Å². The zero-order valence-corrected chi connectivity index (χ0v) is 25.1. The molecule has 3 aromatic heterocycles. The normalized spacial score (nSPS) is 16.2. The highest BCUT2D eigenvalue weighted by atomic mass is 32.1. The molecule has 1 saturated heterocycles. The fourth-order valence-electron chi connectivity index (χ4n) is 5.86. The SMILES string of the molecule is CC(=O)N1CCC(n2nc(-c3cccc4cc(-c5cnc(C)s5)ncc34)c3c2CCN(C(=O)OC(C)(C)C)C3)CC1. The Morgan fingerprint density at radius 2 is 1.83 bits per heavy atom. The molecule has 214 valence electrons. The number of nitrogens with zero attached hydrogens (tertiary/aromatic N) is 6. The number of fused-ring (bicyclic) bond motifs is 2. The number of rotatable bonds is 3. The Morgan fingerprint density at radius 1 is 1.05 bits per heavy atom. The quantitative estimate of drug-likeness (QED) is 0.299. The number of pyridine rings is 1. The van der Waals surface area contributed by atoms with Gasteiger partial charge >= 0.3 is 6.09 Å². The molecule has 2 amide bonds. The van der Waals surface area contributed by atoms with E-state index in [-0.39, 0.29) is 18.0 Å². The Hall–Kier alpha value is -3.79. The largest absolute Gasteiger partial charge is 0.444 e. The Kier molecular flexibility index (Phi) is 7.05. The summed E-state index contributed by atoms with van der Waals surface area (Å²) in [6, 6.07) is 8.57. The van der Waals surface area contributed by atoms with Crippen LogP contribution in [-0.4, -0.2) is 66.8 Å². The topological polar surface area (TPSA) is 93.5 Å². The standard InChI is InChI=1S/C31H36N6O3S/c1-19-32-17-28(41-19)26-15-21-7-6-8-23(24(21)16-33-26)29-25-18-36(30(39)40-31(3,4)5)14-11-27(25)37(34-29)22-9-12-35(13-10-22)20(2)38/h6-8,15-17,22H,9-14,18H2,1-5H3. The molecule has 0 spiro atoms. The second-order valence-corrected chi connectivity index (χ2v) is 13.2. The van der Waals surface area contributed by atoms with Gasteiger partial charge in [0.1, 0.15) is 5.60 Å². The van der Waals surface area contributed by atoms with E-state index < -0.39 is 5.60 Å². The van der Waals surface area contributed by atoms with Gasteiger partial charge in [-0.2, -0.15) is 5.10 Å². The van der Waals surface area contributed by atoms with Crippen molar-refractivity contribution in [1.82, 2.24) is 29.5 Å². The summed E-state index contributed by atoms with van der Waals surface area (Å²) in [4.78, 5) is 39.0. The zero-order valence-electron chi connectivity index (χ0n) is 24.3. The average Bonchev–Trinajstić information content (AvgIpc) is 3.55. The number of piperidine rings is 1. The van der Waals surface area contributed by atoms with Gasteiger partial charge in [-0.15, -0.1) is 11.3 Å². The molecule has 0 bridgehead atoms. The van der Waals surface area contributed by atoms with Crippen LogP contribution in [0.1, 0.15) is 62.8 Å². The molecule has 2 aliphatic heterocycles. The molecule has 6 rings (SSSR count). The molecule has 1 fully saturated rings. The van der Waals surface area contributed by atoms with E-state index in [2.05, 4.69) is 33.9 Å². The summed E-state index contributed by atoms with van der Waals surface area (Å²) in [6.07, 6.45) is 5.92. The summed E-state index contributed by atoms with van der Waals surface area (Å²) >= 11 is 1.63. The Balaban J connectivity index is 1.41. The molecule has 2 aliphatic rings. The highest BCUT2D eigenvalue weighted by Crippen LogP contribution is 2.38. The van der Waals surface area contributed by atoms with Crippen LogP contribution in [-0.2, 0) is 22.5 Å². The molecular formula is C31H36N6O3S. The number of aryl methyl sites for hydroxylation is 1. The predicted molar refractivity (Wildman–Crippen MR) is 160 cm³/mol. The number of hydrogen-bond donors (Lipinski definition) is 0. The molecule has 41 heavy (non-hydrogen) atoms. The number of aromatic nitrogens is 4. The first-order valence-electron chi connectivity index (χ1n) is 14.2. The average molecular weight is 573 g/mol. The van der Waals surface area contributed by atoms with Gasteiger partial charge in [0.25, 0.3) is 0 Å². The second kappa shape index (κ2) is 10.6. The van der Waals surface area contributed by atoms with E-state index in [0.29, 0.717) is 19.5 Å². The molecule has 10 heteroatoms. The van der Waals surface area contributed by atoms with E-state index in [0.717, 1.165) is 69.1 Å². The van der Waals surface area contributed by atoms with Crippen molar-refractivity contribution in [1.29, 1.82) is 0 Å². The molecule has 1 aromatic carbocycles. The summed E-state index contributed by atoms with van der Waals surface area (Å²) in [7, 11) is 0. The molecule has 0 N–H and O–H groups in total. The first-order chi connectivity index (χ1) is 19.6. The molecule has 0 radical (unpaired) electrons. The molecule has 0 atom stereocenters. The van der Waals surface area contributed by atoms with E-state index in [9.17, 15) is 9.59 Å². The first kappa shape index (κ1) is 27.4. The number of ether oxygens (including phenoxy) is 1. The van der Waals surface area contributed by atoms with E-state index in [1.807, 2.05) is 45.0 Å². The van der Waals surface area contributed by atoms with Crippen molar-refractivity contribution in [3.8, 4) is 21.8 Å². The number of amides is 2. The maximum atomic E-state index is 13.1. The van der Waals surface area contributed by atoms with Gasteiger partial charge in [0.05, 0.1) is 33.9 Å². The number of carbonyl (C=O) groups is 2. The van der Waals surface area contributed by atoms with Gasteiger partial charge in [-0.25, -0.2) is 9.78 Å². The van der Waals surface area contributed by atoms with Gasteiger partial charge in [0, 0.05) is 67.6 Å². The van der Waals surface area contributed by atoms with Gasteiger partial charge < -0.3 is 14.5 Å². The number of likely N-dealkylation sites (tertiary alicyclic amines) is 1. The number of benzene rings is 1. The molecular weight excluding hydrogens is 536 g/mol. The third kappa shape index (κ3) is 5.45. The molecule has 4 aromatic rings. The lowest BCUT2D eigenvalue weighted by atomic mass is 9.97. The van der Waals surface area contributed by atoms with Crippen molar-refractivity contribution < 1.29 is 14.3 Å².